The van der Waals surface area contributed by atoms with Gasteiger partial charge in [-0.2, -0.15) is 0 Å². The van der Waals surface area contributed by atoms with E-state index in [0.29, 0.717) is 23.4 Å². The summed E-state index contributed by atoms with van der Waals surface area (Å²) in [6.07, 6.45) is 5.73. The van der Waals surface area contributed by atoms with Crippen LogP contribution in [0.1, 0.15) is 66.2 Å². The summed E-state index contributed by atoms with van der Waals surface area (Å²) in [6, 6.07) is 21.5. The van der Waals surface area contributed by atoms with E-state index in [1.165, 1.54) is 31.2 Å². The van der Waals surface area contributed by atoms with Crippen LogP contribution in [-0.4, -0.2) is 38.1 Å². The zero-order valence-electron chi connectivity index (χ0n) is 19.3. The van der Waals surface area contributed by atoms with Gasteiger partial charge in [0.05, 0.1) is 6.61 Å². The van der Waals surface area contributed by atoms with Gasteiger partial charge in [-0.1, -0.05) is 59.8 Å². The molecule has 1 saturated carbocycles. The summed E-state index contributed by atoms with van der Waals surface area (Å²) in [6.45, 7) is 0.900. The molecule has 2 aromatic carbocycles. The molecule has 4 aromatic rings. The number of fused-ring (bicyclic) bond motifs is 1. The van der Waals surface area contributed by atoms with Crippen molar-refractivity contribution in [2.24, 2.45) is 0 Å². The number of rotatable bonds is 8. The maximum Gasteiger partial charge on any atom is 0.178 e. The number of benzene rings is 2. The fourth-order valence-electron chi connectivity index (χ4n) is 5.35. The molecule has 5 N–H and O–H groups in total. The highest BCUT2D eigenvalue weighted by Crippen LogP contribution is 2.35. The van der Waals surface area contributed by atoms with E-state index in [0.717, 1.165) is 35.2 Å². The minimum absolute atomic E-state index is 0.0152. The summed E-state index contributed by atoms with van der Waals surface area (Å²) < 4.78 is 0. The first kappa shape index (κ1) is 22.5. The average molecular weight is 457 g/mol. The molecule has 1 fully saturated rings. The highest BCUT2D eigenvalue weighted by atomic mass is 16.3. The number of anilines is 1. The Morgan fingerprint density at radius 2 is 1.85 bits per heavy atom. The molecule has 0 amide bonds. The Morgan fingerprint density at radius 3 is 2.65 bits per heavy atom. The van der Waals surface area contributed by atoms with Crippen LogP contribution in [0.2, 0.25) is 0 Å². The Morgan fingerprint density at radius 1 is 1.03 bits per heavy atom. The van der Waals surface area contributed by atoms with Crippen LogP contribution >= 0.6 is 0 Å². The van der Waals surface area contributed by atoms with Crippen LogP contribution in [-0.2, 0) is 6.61 Å². The summed E-state index contributed by atoms with van der Waals surface area (Å²) in [5, 5.41) is 24.6. The summed E-state index contributed by atoms with van der Waals surface area (Å²) in [7, 11) is 0. The Kier molecular flexibility index (Phi) is 6.83. The zero-order chi connectivity index (χ0) is 23.3. The van der Waals surface area contributed by atoms with Crippen LogP contribution < -0.4 is 11.1 Å². The molecule has 7 heteroatoms. The summed E-state index contributed by atoms with van der Waals surface area (Å²) in [4.78, 5) is 4.33. The van der Waals surface area contributed by atoms with Gasteiger partial charge in [0.1, 0.15) is 11.3 Å². The monoisotopic (exact) mass is 456 g/mol. The van der Waals surface area contributed by atoms with Gasteiger partial charge in [0.25, 0.3) is 0 Å². The van der Waals surface area contributed by atoms with Gasteiger partial charge in [-0.15, -0.1) is 5.10 Å². The molecular weight excluding hydrogens is 424 g/mol. The number of aromatic nitrogens is 4. The molecule has 2 heterocycles. The smallest absolute Gasteiger partial charge is 0.178 e. The first-order chi connectivity index (χ1) is 16.7. The molecule has 176 valence electrons. The van der Waals surface area contributed by atoms with E-state index >= 15 is 0 Å². The number of nitrogens with one attached hydrogen (secondary N) is 2. The van der Waals surface area contributed by atoms with Crippen molar-refractivity contribution in [1.82, 2.24) is 25.7 Å². The minimum atomic E-state index is 0.0152. The average Bonchev–Trinajstić information content (AvgIpc) is 3.36. The Hall–Kier alpha value is -3.29. The fourth-order valence-corrected chi connectivity index (χ4v) is 5.35. The topological polar surface area (TPSA) is 113 Å². The lowest BCUT2D eigenvalue weighted by molar-refractivity contribution is 0.281. The molecule has 1 aliphatic carbocycles. The second-order valence-electron chi connectivity index (χ2n) is 9.30. The third-order valence-corrected chi connectivity index (χ3v) is 7.12. The van der Waals surface area contributed by atoms with Crippen molar-refractivity contribution in [2.75, 3.05) is 12.3 Å². The highest BCUT2D eigenvalue weighted by Gasteiger charge is 2.24. The first-order valence-electron chi connectivity index (χ1n) is 12.2. The molecule has 1 unspecified atom stereocenters. The first-order valence-corrected chi connectivity index (χ1v) is 12.2. The number of H-pyrrole nitrogens is 1. The second kappa shape index (κ2) is 10.3. The lowest BCUT2D eigenvalue weighted by Crippen LogP contribution is -2.34. The van der Waals surface area contributed by atoms with E-state index in [9.17, 15) is 5.11 Å². The summed E-state index contributed by atoms with van der Waals surface area (Å²) >= 11 is 0. The van der Waals surface area contributed by atoms with Crippen molar-refractivity contribution in [3.8, 4) is 0 Å². The number of aliphatic hydroxyl groups is 1. The van der Waals surface area contributed by atoms with Gasteiger partial charge in [-0.25, -0.2) is 10.1 Å². The highest BCUT2D eigenvalue weighted by molar-refractivity contribution is 5.77. The van der Waals surface area contributed by atoms with E-state index in [-0.39, 0.29) is 12.5 Å². The van der Waals surface area contributed by atoms with Gasteiger partial charge in [-0.05, 0) is 72.9 Å². The van der Waals surface area contributed by atoms with Crippen LogP contribution in [0.4, 0.5) is 5.82 Å². The maximum atomic E-state index is 9.68. The van der Waals surface area contributed by atoms with E-state index in [4.69, 9.17) is 5.73 Å². The fraction of sp³-hybridized carbons (Fsp3) is 0.370. The molecule has 7 nitrogen and oxygen atoms in total. The van der Waals surface area contributed by atoms with Crippen molar-refractivity contribution in [3.05, 3.63) is 82.9 Å². The third kappa shape index (κ3) is 4.95. The number of nitrogens with two attached hydrogens (primary N) is 1. The molecule has 1 atom stereocenters. The quantitative estimate of drug-likeness (QED) is 0.315. The second-order valence-corrected chi connectivity index (χ2v) is 9.30. The van der Waals surface area contributed by atoms with Crippen LogP contribution in [0.3, 0.4) is 0 Å². The molecule has 34 heavy (non-hydrogen) atoms. The van der Waals surface area contributed by atoms with E-state index in [1.807, 2.05) is 18.2 Å². The predicted molar refractivity (Wildman–Crippen MR) is 134 cm³/mol. The molecule has 0 spiro atoms. The Balaban J connectivity index is 1.29. The molecule has 0 saturated heterocycles. The number of nitrogens with zero attached hydrogens (tertiary/aromatic N) is 3. The van der Waals surface area contributed by atoms with Crippen molar-refractivity contribution in [3.63, 3.8) is 0 Å². The predicted octanol–water partition coefficient (Wildman–Crippen LogP) is 4.27. The zero-order valence-corrected chi connectivity index (χ0v) is 19.3. The number of hydrogen-bond donors (Lipinski definition) is 4. The Bertz CT molecular complexity index is 1220. The van der Waals surface area contributed by atoms with Gasteiger partial charge in [0.2, 0.25) is 0 Å². The van der Waals surface area contributed by atoms with Crippen molar-refractivity contribution >= 4 is 17.0 Å². The van der Waals surface area contributed by atoms with Gasteiger partial charge in [-0.3, -0.25) is 0 Å². The van der Waals surface area contributed by atoms with Gasteiger partial charge in [0, 0.05) is 12.0 Å². The number of nitrogen functional groups attached to an aromatic ring is 1. The van der Waals surface area contributed by atoms with Crippen LogP contribution in [0.25, 0.3) is 11.2 Å². The lowest BCUT2D eigenvalue weighted by atomic mass is 9.81. The molecule has 0 radical (unpaired) electrons. The van der Waals surface area contributed by atoms with Crippen LogP contribution in [0, 0.1) is 0 Å². The number of aromatic amines is 1. The summed E-state index contributed by atoms with van der Waals surface area (Å²) in [5.41, 5.74) is 12.0. The number of hydrogen-bond acceptors (Lipinski definition) is 6. The van der Waals surface area contributed by atoms with Crippen LogP contribution in [0.15, 0.2) is 60.7 Å². The Labute approximate surface area is 199 Å². The van der Waals surface area contributed by atoms with E-state index < -0.39 is 0 Å². The molecule has 2 aromatic heterocycles. The largest absolute Gasteiger partial charge is 0.392 e. The van der Waals surface area contributed by atoms with Gasteiger partial charge >= 0.3 is 0 Å². The van der Waals surface area contributed by atoms with E-state index in [1.54, 1.807) is 0 Å². The van der Waals surface area contributed by atoms with Gasteiger partial charge < -0.3 is 16.2 Å². The normalized spacial score (nSPS) is 19.3. The van der Waals surface area contributed by atoms with Crippen molar-refractivity contribution in [1.29, 1.82) is 0 Å². The van der Waals surface area contributed by atoms with Crippen LogP contribution in [0.5, 0.6) is 0 Å². The number of aliphatic hydroxyl groups excluding tert-OH is 1. The lowest BCUT2D eigenvalue weighted by Gasteiger charge is -2.30. The van der Waals surface area contributed by atoms with Crippen molar-refractivity contribution in [2.45, 2.75) is 56.6 Å². The number of pyridine rings is 1. The molecule has 1 aliphatic rings. The van der Waals surface area contributed by atoms with E-state index in [2.05, 4.69) is 68.2 Å². The van der Waals surface area contributed by atoms with Crippen molar-refractivity contribution < 1.29 is 5.11 Å². The molecular formula is C27H32N6O. The standard InChI is InChI=1S/C27H32N6O/c28-25-16-24(26-27(30-25)32-33-31-26)23(21-8-4-5-18(15-21)17-34)13-14-29-22-11-9-20(10-12-22)19-6-2-1-3-7-19/h1-8,15-16,20,22-23,29,34H,9-14,17H2,(H3,28,30,31,32,33). The summed E-state index contributed by atoms with van der Waals surface area (Å²) in [5.74, 6) is 1.19. The minimum Gasteiger partial charge on any atom is -0.392 e. The molecule has 5 rings (SSSR count). The third-order valence-electron chi connectivity index (χ3n) is 7.12. The maximum absolute atomic E-state index is 9.68. The SMILES string of the molecule is Nc1cc(C(CCNC2CCC(c3ccccc3)CC2)c2cccc(CO)c2)c2nn[nH]c2n1. The molecule has 0 bridgehead atoms. The molecule has 0 aliphatic heterocycles. The van der Waals surface area contributed by atoms with Gasteiger partial charge in [0.15, 0.2) is 5.65 Å².